The maximum Gasteiger partial charge on any atom is 0.191 e. The van der Waals surface area contributed by atoms with Gasteiger partial charge in [-0.3, -0.25) is 0 Å². The zero-order valence-corrected chi connectivity index (χ0v) is 19.8. The molecule has 1 fully saturated rings. The van der Waals surface area contributed by atoms with Gasteiger partial charge in [0.25, 0.3) is 0 Å². The minimum Gasteiger partial charge on any atom is -0.488 e. The maximum atomic E-state index is 6.09. The van der Waals surface area contributed by atoms with E-state index in [2.05, 4.69) is 61.1 Å². The average Bonchev–Trinajstić information content (AvgIpc) is 2.72. The molecule has 0 amide bonds. The van der Waals surface area contributed by atoms with Crippen LogP contribution in [0.4, 0.5) is 0 Å². The van der Waals surface area contributed by atoms with E-state index in [-0.39, 0.29) is 5.60 Å². The van der Waals surface area contributed by atoms with Crippen molar-refractivity contribution in [2.45, 2.75) is 59.6 Å². The van der Waals surface area contributed by atoms with Crippen LogP contribution in [0.3, 0.4) is 0 Å². The first kappa shape index (κ1) is 24.5. The van der Waals surface area contributed by atoms with Crippen molar-refractivity contribution in [1.29, 1.82) is 0 Å². The summed E-state index contributed by atoms with van der Waals surface area (Å²) < 4.78 is 6.09. The van der Waals surface area contributed by atoms with Gasteiger partial charge in [0.2, 0.25) is 0 Å². The second kappa shape index (κ2) is 12.8. The number of hydrogen-bond acceptors (Lipinski definition) is 4. The second-order valence-corrected chi connectivity index (χ2v) is 8.93. The quantitative estimate of drug-likeness (QED) is 0.347. The van der Waals surface area contributed by atoms with Crippen molar-refractivity contribution in [3.63, 3.8) is 0 Å². The van der Waals surface area contributed by atoms with Gasteiger partial charge < -0.3 is 25.2 Å². The van der Waals surface area contributed by atoms with Gasteiger partial charge in [0.1, 0.15) is 11.4 Å². The molecule has 0 aromatic heterocycles. The van der Waals surface area contributed by atoms with Crippen molar-refractivity contribution < 1.29 is 4.74 Å². The zero-order chi connectivity index (χ0) is 21.8. The predicted octanol–water partition coefficient (Wildman–Crippen LogP) is 3.34. The van der Waals surface area contributed by atoms with Crippen LogP contribution in [0.1, 0.15) is 53.0 Å². The number of ether oxygens (including phenoxy) is 1. The summed E-state index contributed by atoms with van der Waals surface area (Å²) in [5.74, 6) is 1.78. The highest BCUT2D eigenvalue weighted by Crippen LogP contribution is 2.23. The number of guanidine groups is 1. The third-order valence-corrected chi connectivity index (χ3v) is 5.25. The average molecular weight is 418 g/mol. The molecule has 1 saturated heterocycles. The number of likely N-dealkylation sites (N-methyl/N-ethyl adjacent to an activating group) is 1. The molecule has 0 aliphatic carbocycles. The fourth-order valence-electron chi connectivity index (χ4n) is 3.57. The molecule has 0 radical (unpaired) electrons. The SMILES string of the molecule is CCNC(=NCc1ccccc1OC(C)(C)C)NCCCCN1CCN(CC)CC1. The molecule has 1 aliphatic rings. The normalized spacial score (nSPS) is 16.5. The van der Waals surface area contributed by atoms with Crippen LogP contribution in [0.15, 0.2) is 29.3 Å². The first-order valence-electron chi connectivity index (χ1n) is 11.6. The molecule has 1 aromatic rings. The molecule has 0 bridgehead atoms. The van der Waals surface area contributed by atoms with Crippen LogP contribution in [0, 0.1) is 0 Å². The minimum absolute atomic E-state index is 0.217. The Labute approximate surface area is 184 Å². The van der Waals surface area contributed by atoms with Crippen LogP contribution in [0.25, 0.3) is 0 Å². The van der Waals surface area contributed by atoms with Crippen LogP contribution in [-0.4, -0.2) is 73.7 Å². The molecule has 0 atom stereocenters. The lowest BCUT2D eigenvalue weighted by Crippen LogP contribution is -2.46. The number of unbranched alkanes of at least 4 members (excludes halogenated alkanes) is 1. The standard InChI is InChI=1S/C24H43N5O/c1-6-25-23(26-14-10-11-15-29-18-16-28(7-2)17-19-29)27-20-21-12-8-9-13-22(21)30-24(3,4)5/h8-9,12-13H,6-7,10-11,14-20H2,1-5H3,(H2,25,26,27). The molecule has 0 unspecified atom stereocenters. The highest BCUT2D eigenvalue weighted by molar-refractivity contribution is 5.79. The zero-order valence-electron chi connectivity index (χ0n) is 19.8. The van der Waals surface area contributed by atoms with Crippen LogP contribution in [0.2, 0.25) is 0 Å². The van der Waals surface area contributed by atoms with E-state index in [0.29, 0.717) is 6.54 Å². The van der Waals surface area contributed by atoms with Gasteiger partial charge in [-0.1, -0.05) is 25.1 Å². The molecule has 0 spiro atoms. The third-order valence-electron chi connectivity index (χ3n) is 5.25. The fraction of sp³-hybridized carbons (Fsp3) is 0.708. The molecule has 170 valence electrons. The molecule has 2 N–H and O–H groups in total. The summed E-state index contributed by atoms with van der Waals surface area (Å²) in [5, 5.41) is 6.84. The van der Waals surface area contributed by atoms with E-state index in [1.807, 2.05) is 18.2 Å². The number of benzene rings is 1. The highest BCUT2D eigenvalue weighted by Gasteiger charge is 2.15. The summed E-state index contributed by atoms with van der Waals surface area (Å²) in [7, 11) is 0. The number of rotatable bonds is 10. The van der Waals surface area contributed by atoms with E-state index >= 15 is 0 Å². The van der Waals surface area contributed by atoms with Gasteiger partial charge >= 0.3 is 0 Å². The van der Waals surface area contributed by atoms with Gasteiger partial charge in [-0.05, 0) is 59.7 Å². The molecule has 0 saturated carbocycles. The Morgan fingerprint density at radius 3 is 2.37 bits per heavy atom. The molecule has 6 heteroatoms. The fourth-order valence-corrected chi connectivity index (χ4v) is 3.57. The Morgan fingerprint density at radius 1 is 1.00 bits per heavy atom. The van der Waals surface area contributed by atoms with Crippen molar-refractivity contribution in [2.24, 2.45) is 4.99 Å². The van der Waals surface area contributed by atoms with Gasteiger partial charge in [-0.25, -0.2) is 4.99 Å². The summed E-state index contributed by atoms with van der Waals surface area (Å²) >= 11 is 0. The van der Waals surface area contributed by atoms with Gasteiger partial charge in [0.05, 0.1) is 6.54 Å². The first-order valence-corrected chi connectivity index (χ1v) is 11.6. The summed E-state index contributed by atoms with van der Waals surface area (Å²) in [6, 6.07) is 8.17. The van der Waals surface area contributed by atoms with E-state index in [4.69, 9.17) is 9.73 Å². The molecular formula is C24H43N5O. The maximum absolute atomic E-state index is 6.09. The minimum atomic E-state index is -0.217. The summed E-state index contributed by atoms with van der Waals surface area (Å²) in [4.78, 5) is 9.90. The Bertz CT molecular complexity index is 633. The Balaban J connectivity index is 1.76. The Hall–Kier alpha value is -1.79. The van der Waals surface area contributed by atoms with Crippen molar-refractivity contribution >= 4 is 5.96 Å². The van der Waals surface area contributed by atoms with E-state index in [1.165, 1.54) is 45.7 Å². The first-order chi connectivity index (χ1) is 14.4. The Kier molecular flexibility index (Phi) is 10.4. The lowest BCUT2D eigenvalue weighted by Gasteiger charge is -2.34. The number of hydrogen-bond donors (Lipinski definition) is 2. The van der Waals surface area contributed by atoms with Crippen LogP contribution >= 0.6 is 0 Å². The second-order valence-electron chi connectivity index (χ2n) is 8.93. The highest BCUT2D eigenvalue weighted by atomic mass is 16.5. The van der Waals surface area contributed by atoms with Crippen molar-refractivity contribution in [1.82, 2.24) is 20.4 Å². The van der Waals surface area contributed by atoms with Gasteiger partial charge in [-0.15, -0.1) is 0 Å². The summed E-state index contributed by atoms with van der Waals surface area (Å²) in [6.07, 6.45) is 2.38. The third kappa shape index (κ3) is 9.35. The molecule has 1 heterocycles. The van der Waals surface area contributed by atoms with E-state index < -0.39 is 0 Å². The molecule has 1 aromatic carbocycles. The van der Waals surface area contributed by atoms with Crippen LogP contribution in [-0.2, 0) is 6.54 Å². The van der Waals surface area contributed by atoms with Crippen molar-refractivity contribution in [2.75, 3.05) is 52.4 Å². The van der Waals surface area contributed by atoms with E-state index in [0.717, 1.165) is 36.8 Å². The van der Waals surface area contributed by atoms with Gasteiger partial charge in [0, 0.05) is 44.8 Å². The Morgan fingerprint density at radius 2 is 1.70 bits per heavy atom. The van der Waals surface area contributed by atoms with E-state index in [9.17, 15) is 0 Å². The number of nitrogens with one attached hydrogen (secondary N) is 2. The topological polar surface area (TPSA) is 52.1 Å². The number of para-hydroxylation sites is 1. The smallest absolute Gasteiger partial charge is 0.191 e. The monoisotopic (exact) mass is 417 g/mol. The number of piperazine rings is 1. The largest absolute Gasteiger partial charge is 0.488 e. The lowest BCUT2D eigenvalue weighted by atomic mass is 10.1. The summed E-state index contributed by atoms with van der Waals surface area (Å²) in [6.45, 7) is 20.2. The molecule has 6 nitrogen and oxygen atoms in total. The van der Waals surface area contributed by atoms with Gasteiger partial charge in [0.15, 0.2) is 5.96 Å². The number of aliphatic imine (C=N–C) groups is 1. The van der Waals surface area contributed by atoms with Gasteiger partial charge in [-0.2, -0.15) is 0 Å². The molecule has 30 heavy (non-hydrogen) atoms. The van der Waals surface area contributed by atoms with Crippen molar-refractivity contribution in [3.8, 4) is 5.75 Å². The molecular weight excluding hydrogens is 374 g/mol. The molecule has 1 aliphatic heterocycles. The van der Waals surface area contributed by atoms with Crippen LogP contribution in [0.5, 0.6) is 5.75 Å². The predicted molar refractivity (Wildman–Crippen MR) is 127 cm³/mol. The lowest BCUT2D eigenvalue weighted by molar-refractivity contribution is 0.129. The van der Waals surface area contributed by atoms with Crippen LogP contribution < -0.4 is 15.4 Å². The van der Waals surface area contributed by atoms with Crippen molar-refractivity contribution in [3.05, 3.63) is 29.8 Å². The summed E-state index contributed by atoms with van der Waals surface area (Å²) in [5.41, 5.74) is 0.891. The molecule has 2 rings (SSSR count). The van der Waals surface area contributed by atoms with E-state index in [1.54, 1.807) is 0 Å². The number of nitrogens with zero attached hydrogens (tertiary/aromatic N) is 3.